The van der Waals surface area contributed by atoms with Crippen LogP contribution in [0.4, 0.5) is 0 Å². The van der Waals surface area contributed by atoms with E-state index in [1.54, 1.807) is 0 Å². The molecule has 1 N–H and O–H groups in total. The van der Waals surface area contributed by atoms with Crippen LogP contribution in [0.25, 0.3) is 0 Å². The van der Waals surface area contributed by atoms with Crippen LogP contribution < -0.4 is 0 Å². The minimum atomic E-state index is -0.199. The first-order valence-corrected chi connectivity index (χ1v) is 5.57. The van der Waals surface area contributed by atoms with Crippen LogP contribution in [0.1, 0.15) is 40.0 Å². The van der Waals surface area contributed by atoms with E-state index in [-0.39, 0.29) is 6.10 Å². The van der Waals surface area contributed by atoms with Gasteiger partial charge in [-0.25, -0.2) is 0 Å². The highest BCUT2D eigenvalue weighted by molar-refractivity contribution is 4.78. The molecule has 1 saturated heterocycles. The summed E-state index contributed by atoms with van der Waals surface area (Å²) in [6.07, 6.45) is 3.76. The van der Waals surface area contributed by atoms with Gasteiger partial charge < -0.3 is 5.11 Å². The minimum Gasteiger partial charge on any atom is -0.392 e. The molecule has 0 spiro atoms. The van der Waals surface area contributed by atoms with Gasteiger partial charge in [-0.2, -0.15) is 0 Å². The summed E-state index contributed by atoms with van der Waals surface area (Å²) >= 11 is 0. The van der Waals surface area contributed by atoms with Crippen molar-refractivity contribution in [1.29, 1.82) is 0 Å². The van der Waals surface area contributed by atoms with Crippen molar-refractivity contribution in [3.05, 3.63) is 0 Å². The molecule has 0 aromatic heterocycles. The van der Waals surface area contributed by atoms with Gasteiger partial charge in [0.05, 0.1) is 6.10 Å². The van der Waals surface area contributed by atoms with E-state index in [1.165, 1.54) is 32.4 Å². The van der Waals surface area contributed by atoms with Gasteiger partial charge in [-0.3, -0.25) is 4.90 Å². The van der Waals surface area contributed by atoms with Gasteiger partial charge in [0.25, 0.3) is 0 Å². The molecule has 13 heavy (non-hydrogen) atoms. The molecule has 1 rings (SSSR count). The molecule has 0 radical (unpaired) electrons. The van der Waals surface area contributed by atoms with E-state index in [2.05, 4.69) is 18.7 Å². The smallest absolute Gasteiger partial charge is 0.0664 e. The predicted octanol–water partition coefficient (Wildman–Crippen LogP) is 1.88. The molecule has 0 aliphatic carbocycles. The van der Waals surface area contributed by atoms with E-state index in [1.807, 2.05) is 6.92 Å². The Kier molecular flexibility index (Phi) is 4.20. The topological polar surface area (TPSA) is 23.5 Å². The summed E-state index contributed by atoms with van der Waals surface area (Å²) in [7, 11) is 0. The zero-order valence-corrected chi connectivity index (χ0v) is 9.16. The number of hydrogen-bond acceptors (Lipinski definition) is 2. The van der Waals surface area contributed by atoms with Crippen LogP contribution >= 0.6 is 0 Å². The van der Waals surface area contributed by atoms with Gasteiger partial charge >= 0.3 is 0 Å². The average molecular weight is 185 g/mol. The summed E-state index contributed by atoms with van der Waals surface area (Å²) in [4.78, 5) is 2.43. The van der Waals surface area contributed by atoms with Crippen molar-refractivity contribution >= 4 is 0 Å². The van der Waals surface area contributed by atoms with E-state index >= 15 is 0 Å². The van der Waals surface area contributed by atoms with E-state index in [0.717, 1.165) is 5.92 Å². The second-order valence-corrected chi connectivity index (χ2v) is 4.39. The Morgan fingerprint density at radius 3 is 2.69 bits per heavy atom. The first-order chi connectivity index (χ1) is 6.15. The summed E-state index contributed by atoms with van der Waals surface area (Å²) in [6, 6.07) is 0.328. The third-order valence-electron chi connectivity index (χ3n) is 3.40. The maximum atomic E-state index is 9.49. The van der Waals surface area contributed by atoms with Gasteiger partial charge in [0, 0.05) is 12.6 Å². The molecule has 1 heterocycles. The fourth-order valence-electron chi connectivity index (χ4n) is 2.11. The van der Waals surface area contributed by atoms with Crippen molar-refractivity contribution < 1.29 is 5.11 Å². The largest absolute Gasteiger partial charge is 0.392 e. The maximum absolute atomic E-state index is 9.49. The van der Waals surface area contributed by atoms with Gasteiger partial charge in [-0.05, 0) is 39.2 Å². The molecule has 1 aliphatic heterocycles. The van der Waals surface area contributed by atoms with Gasteiger partial charge in [0.1, 0.15) is 0 Å². The maximum Gasteiger partial charge on any atom is 0.0664 e. The number of rotatable bonds is 3. The fraction of sp³-hybridized carbons (Fsp3) is 1.00. The van der Waals surface area contributed by atoms with Crippen molar-refractivity contribution in [2.45, 2.75) is 52.2 Å². The van der Waals surface area contributed by atoms with E-state index < -0.39 is 0 Å². The Labute approximate surface area is 81.9 Å². The van der Waals surface area contributed by atoms with Crippen LogP contribution in [-0.4, -0.2) is 35.2 Å². The van der Waals surface area contributed by atoms with Gasteiger partial charge in [-0.1, -0.05) is 13.3 Å². The van der Waals surface area contributed by atoms with Crippen LogP contribution in [-0.2, 0) is 0 Å². The number of aliphatic hydroxyl groups is 1. The van der Waals surface area contributed by atoms with Crippen molar-refractivity contribution in [2.75, 3.05) is 13.1 Å². The average Bonchev–Trinajstić information content (AvgIpc) is 2.16. The molecule has 2 heteroatoms. The summed E-state index contributed by atoms with van der Waals surface area (Å²) in [5, 5.41) is 9.49. The lowest BCUT2D eigenvalue weighted by atomic mass is 9.94. The Morgan fingerprint density at radius 1 is 1.46 bits per heavy atom. The second-order valence-electron chi connectivity index (χ2n) is 4.39. The molecule has 1 fully saturated rings. The number of aliphatic hydroxyl groups excluding tert-OH is 1. The SMILES string of the molecule is CCC1CCCN(C(C)C(C)O)C1. The van der Waals surface area contributed by atoms with Gasteiger partial charge in [-0.15, -0.1) is 0 Å². The Hall–Kier alpha value is -0.0800. The molecule has 1 aliphatic rings. The Balaban J connectivity index is 2.41. The lowest BCUT2D eigenvalue weighted by Gasteiger charge is -2.37. The molecular weight excluding hydrogens is 162 g/mol. The summed E-state index contributed by atoms with van der Waals surface area (Å²) in [5.41, 5.74) is 0. The van der Waals surface area contributed by atoms with E-state index in [0.29, 0.717) is 6.04 Å². The third kappa shape index (κ3) is 2.96. The van der Waals surface area contributed by atoms with Crippen LogP contribution in [0.3, 0.4) is 0 Å². The number of hydrogen-bond donors (Lipinski definition) is 1. The monoisotopic (exact) mass is 185 g/mol. The number of piperidine rings is 1. The summed E-state index contributed by atoms with van der Waals surface area (Å²) in [6.45, 7) is 8.63. The van der Waals surface area contributed by atoms with Crippen LogP contribution in [0.2, 0.25) is 0 Å². The lowest BCUT2D eigenvalue weighted by molar-refractivity contribution is 0.0426. The van der Waals surface area contributed by atoms with Crippen LogP contribution in [0.15, 0.2) is 0 Å². The van der Waals surface area contributed by atoms with Crippen molar-refractivity contribution in [1.82, 2.24) is 4.90 Å². The number of nitrogens with zero attached hydrogens (tertiary/aromatic N) is 1. The minimum absolute atomic E-state index is 0.199. The standard InChI is InChI=1S/C11H23NO/c1-4-11-6-5-7-12(8-11)9(2)10(3)13/h9-11,13H,4-8H2,1-3H3. The first-order valence-electron chi connectivity index (χ1n) is 5.57. The molecule has 2 nitrogen and oxygen atoms in total. The molecule has 0 aromatic rings. The van der Waals surface area contributed by atoms with Crippen molar-refractivity contribution in [3.8, 4) is 0 Å². The highest BCUT2D eigenvalue weighted by atomic mass is 16.3. The van der Waals surface area contributed by atoms with E-state index in [4.69, 9.17) is 0 Å². The second kappa shape index (κ2) is 4.97. The molecule has 0 amide bonds. The molecular formula is C11H23NO. The first kappa shape index (κ1) is 11.0. The van der Waals surface area contributed by atoms with Crippen molar-refractivity contribution in [3.63, 3.8) is 0 Å². The molecule has 3 unspecified atom stereocenters. The Morgan fingerprint density at radius 2 is 2.15 bits per heavy atom. The fourth-order valence-corrected chi connectivity index (χ4v) is 2.11. The number of likely N-dealkylation sites (tertiary alicyclic amines) is 1. The highest BCUT2D eigenvalue weighted by Crippen LogP contribution is 2.21. The van der Waals surface area contributed by atoms with Crippen LogP contribution in [0.5, 0.6) is 0 Å². The normalized spacial score (nSPS) is 30.0. The molecule has 0 bridgehead atoms. The predicted molar refractivity (Wildman–Crippen MR) is 55.7 cm³/mol. The molecule has 0 aromatic carbocycles. The zero-order chi connectivity index (χ0) is 9.84. The molecule has 3 atom stereocenters. The zero-order valence-electron chi connectivity index (χ0n) is 9.16. The van der Waals surface area contributed by atoms with E-state index in [9.17, 15) is 5.11 Å². The summed E-state index contributed by atoms with van der Waals surface area (Å²) < 4.78 is 0. The molecule has 0 saturated carbocycles. The quantitative estimate of drug-likeness (QED) is 0.725. The Bertz CT molecular complexity index is 147. The lowest BCUT2D eigenvalue weighted by Crippen LogP contribution is -2.45. The van der Waals surface area contributed by atoms with Gasteiger partial charge in [0.2, 0.25) is 0 Å². The van der Waals surface area contributed by atoms with Gasteiger partial charge in [0.15, 0.2) is 0 Å². The van der Waals surface area contributed by atoms with Crippen LogP contribution in [0, 0.1) is 5.92 Å². The molecule has 78 valence electrons. The highest BCUT2D eigenvalue weighted by Gasteiger charge is 2.24. The third-order valence-corrected chi connectivity index (χ3v) is 3.40. The summed E-state index contributed by atoms with van der Waals surface area (Å²) in [5.74, 6) is 0.856. The van der Waals surface area contributed by atoms with Crippen molar-refractivity contribution in [2.24, 2.45) is 5.92 Å².